The highest BCUT2D eigenvalue weighted by Crippen LogP contribution is 2.53. The van der Waals surface area contributed by atoms with E-state index in [2.05, 4.69) is 33.8 Å². The summed E-state index contributed by atoms with van der Waals surface area (Å²) in [6, 6.07) is 7.00. The Hall–Kier alpha value is -1.64. The lowest BCUT2D eigenvalue weighted by molar-refractivity contribution is -0.385. The predicted molar refractivity (Wildman–Crippen MR) is 73.3 cm³/mol. The molecule has 18 heavy (non-hydrogen) atoms. The molecule has 2 rings (SSSR count). The Labute approximate surface area is 108 Å². The Bertz CT molecular complexity index is 527. The van der Waals surface area contributed by atoms with E-state index in [4.69, 9.17) is 0 Å². The fraction of sp³-hybridized carbons (Fsp3) is 0.467. The minimum absolute atomic E-state index is 0.0616. The fourth-order valence-corrected chi connectivity index (χ4v) is 2.46. The smallest absolute Gasteiger partial charge is 0.258 e. The first kappa shape index (κ1) is 12.8. The minimum atomic E-state index is -0.297. The molecule has 0 unspecified atom stereocenters. The van der Waals surface area contributed by atoms with E-state index in [1.54, 1.807) is 12.1 Å². The Balaban J connectivity index is 2.50. The van der Waals surface area contributed by atoms with Crippen molar-refractivity contribution in [1.82, 2.24) is 0 Å². The van der Waals surface area contributed by atoms with E-state index in [9.17, 15) is 10.1 Å². The first-order valence-electron chi connectivity index (χ1n) is 6.20. The van der Waals surface area contributed by atoms with Crippen molar-refractivity contribution in [1.29, 1.82) is 0 Å². The van der Waals surface area contributed by atoms with Gasteiger partial charge in [-0.2, -0.15) is 0 Å². The molecule has 0 heterocycles. The van der Waals surface area contributed by atoms with Crippen LogP contribution in [0.5, 0.6) is 0 Å². The number of rotatable bonds is 2. The van der Waals surface area contributed by atoms with Gasteiger partial charge in [-0.05, 0) is 28.9 Å². The highest BCUT2D eigenvalue weighted by molar-refractivity contribution is 5.75. The molecule has 0 amide bonds. The first-order chi connectivity index (χ1) is 8.24. The monoisotopic (exact) mass is 245 g/mol. The standard InChI is InChI=1S/C15H19NO2/c1-14(2)9-11(10-15(14,3)4)12-7-5-6-8-13(12)16(17)18/h5-9H,10H2,1-4H3. The molecular formula is C15H19NO2. The summed E-state index contributed by atoms with van der Waals surface area (Å²) in [5.41, 5.74) is 2.26. The molecule has 0 fully saturated rings. The maximum Gasteiger partial charge on any atom is 0.276 e. The molecule has 0 saturated heterocycles. The molecule has 0 spiro atoms. The fourth-order valence-electron chi connectivity index (χ4n) is 2.46. The van der Waals surface area contributed by atoms with Crippen molar-refractivity contribution in [2.75, 3.05) is 0 Å². The van der Waals surface area contributed by atoms with Crippen molar-refractivity contribution < 1.29 is 4.92 Å². The van der Waals surface area contributed by atoms with Gasteiger partial charge in [-0.25, -0.2) is 0 Å². The molecule has 0 aromatic heterocycles. The molecule has 0 N–H and O–H groups in total. The summed E-state index contributed by atoms with van der Waals surface area (Å²) in [5.74, 6) is 0. The lowest BCUT2D eigenvalue weighted by Crippen LogP contribution is -2.25. The van der Waals surface area contributed by atoms with Crippen molar-refractivity contribution in [3.05, 3.63) is 46.0 Å². The van der Waals surface area contributed by atoms with Crippen LogP contribution >= 0.6 is 0 Å². The second-order valence-corrected chi connectivity index (χ2v) is 6.23. The number of benzene rings is 1. The van der Waals surface area contributed by atoms with Crippen molar-refractivity contribution in [3.63, 3.8) is 0 Å². The van der Waals surface area contributed by atoms with Gasteiger partial charge in [0.2, 0.25) is 0 Å². The van der Waals surface area contributed by atoms with Crippen LogP contribution < -0.4 is 0 Å². The predicted octanol–water partition coefficient (Wildman–Crippen LogP) is 4.43. The van der Waals surface area contributed by atoms with Gasteiger partial charge in [0, 0.05) is 6.07 Å². The van der Waals surface area contributed by atoms with Crippen LogP contribution in [0.4, 0.5) is 5.69 Å². The third-order valence-corrected chi connectivity index (χ3v) is 4.36. The van der Waals surface area contributed by atoms with Crippen molar-refractivity contribution in [2.45, 2.75) is 34.1 Å². The molecule has 0 aliphatic heterocycles. The summed E-state index contributed by atoms with van der Waals surface area (Å²) in [6.45, 7) is 8.81. The van der Waals surface area contributed by atoms with Gasteiger partial charge in [0.1, 0.15) is 0 Å². The summed E-state index contributed by atoms with van der Waals surface area (Å²) in [7, 11) is 0. The van der Waals surface area contributed by atoms with E-state index >= 15 is 0 Å². The quantitative estimate of drug-likeness (QED) is 0.571. The molecule has 0 bridgehead atoms. The third kappa shape index (κ3) is 1.94. The van der Waals surface area contributed by atoms with Crippen molar-refractivity contribution in [3.8, 4) is 0 Å². The highest BCUT2D eigenvalue weighted by Gasteiger charge is 2.42. The molecule has 0 atom stereocenters. The average molecular weight is 245 g/mol. The van der Waals surface area contributed by atoms with Crippen LogP contribution in [0.1, 0.15) is 39.7 Å². The van der Waals surface area contributed by atoms with Gasteiger partial charge < -0.3 is 0 Å². The molecule has 96 valence electrons. The lowest BCUT2D eigenvalue weighted by atomic mass is 9.70. The Kier molecular flexibility index (Phi) is 2.80. The maximum absolute atomic E-state index is 11.1. The van der Waals surface area contributed by atoms with Crippen molar-refractivity contribution >= 4 is 11.3 Å². The maximum atomic E-state index is 11.1. The average Bonchev–Trinajstić information content (AvgIpc) is 2.48. The molecule has 3 nitrogen and oxygen atoms in total. The Morgan fingerprint density at radius 2 is 1.78 bits per heavy atom. The molecule has 3 heteroatoms. The molecule has 0 saturated carbocycles. The Morgan fingerprint density at radius 3 is 2.28 bits per heavy atom. The van der Waals surface area contributed by atoms with Crippen LogP contribution in [0.15, 0.2) is 30.3 Å². The number of hydrogen-bond acceptors (Lipinski definition) is 2. The zero-order valence-electron chi connectivity index (χ0n) is 11.4. The second-order valence-electron chi connectivity index (χ2n) is 6.23. The number of nitro benzene ring substituents is 1. The highest BCUT2D eigenvalue weighted by atomic mass is 16.6. The molecule has 1 aliphatic rings. The number of nitrogens with zero attached hydrogens (tertiary/aromatic N) is 1. The van der Waals surface area contributed by atoms with Gasteiger partial charge in [0.15, 0.2) is 0 Å². The van der Waals surface area contributed by atoms with Crippen LogP contribution in [0.25, 0.3) is 5.57 Å². The van der Waals surface area contributed by atoms with E-state index in [1.165, 1.54) is 0 Å². The SMILES string of the molecule is CC1(C)C=C(c2ccccc2[N+](=O)[O-])CC1(C)C. The zero-order valence-corrected chi connectivity index (χ0v) is 11.4. The van der Waals surface area contributed by atoms with Gasteiger partial charge in [0.05, 0.1) is 10.5 Å². The van der Waals surface area contributed by atoms with Crippen LogP contribution in [-0.2, 0) is 0 Å². The first-order valence-corrected chi connectivity index (χ1v) is 6.20. The summed E-state index contributed by atoms with van der Waals surface area (Å²) >= 11 is 0. The van der Waals surface area contributed by atoms with Crippen molar-refractivity contribution in [2.24, 2.45) is 10.8 Å². The summed E-state index contributed by atoms with van der Waals surface area (Å²) < 4.78 is 0. The largest absolute Gasteiger partial charge is 0.276 e. The van der Waals surface area contributed by atoms with Crippen LogP contribution in [0.3, 0.4) is 0 Å². The Morgan fingerprint density at radius 1 is 1.17 bits per heavy atom. The van der Waals surface area contributed by atoms with Crippen LogP contribution in [0, 0.1) is 20.9 Å². The molecule has 0 radical (unpaired) electrons. The van der Waals surface area contributed by atoms with E-state index in [0.717, 1.165) is 17.6 Å². The number of nitro groups is 1. The van der Waals surface area contributed by atoms with Gasteiger partial charge in [0.25, 0.3) is 5.69 Å². The number of allylic oxidation sites excluding steroid dienone is 2. The minimum Gasteiger partial charge on any atom is -0.258 e. The summed E-state index contributed by atoms with van der Waals surface area (Å²) in [4.78, 5) is 10.8. The van der Waals surface area contributed by atoms with E-state index in [1.807, 2.05) is 12.1 Å². The number of hydrogen-bond donors (Lipinski definition) is 0. The van der Waals surface area contributed by atoms with E-state index in [-0.39, 0.29) is 21.4 Å². The molecule has 1 aromatic carbocycles. The van der Waals surface area contributed by atoms with Gasteiger partial charge in [-0.15, -0.1) is 0 Å². The summed E-state index contributed by atoms with van der Waals surface area (Å²) in [6.07, 6.45) is 3.07. The normalized spacial score (nSPS) is 20.6. The second kappa shape index (κ2) is 3.94. The molecule has 1 aliphatic carbocycles. The van der Waals surface area contributed by atoms with Crippen LogP contribution in [0.2, 0.25) is 0 Å². The third-order valence-electron chi connectivity index (χ3n) is 4.36. The number of para-hydroxylation sites is 1. The topological polar surface area (TPSA) is 43.1 Å². The lowest BCUT2D eigenvalue weighted by Gasteiger charge is -2.34. The van der Waals surface area contributed by atoms with E-state index in [0.29, 0.717) is 0 Å². The molecule has 1 aromatic rings. The summed E-state index contributed by atoms with van der Waals surface area (Å²) in [5, 5.41) is 11.1. The van der Waals surface area contributed by atoms with Gasteiger partial charge in [-0.3, -0.25) is 10.1 Å². The van der Waals surface area contributed by atoms with Crippen LogP contribution in [-0.4, -0.2) is 4.92 Å². The molecular weight excluding hydrogens is 226 g/mol. The van der Waals surface area contributed by atoms with Gasteiger partial charge in [-0.1, -0.05) is 45.9 Å². The van der Waals surface area contributed by atoms with E-state index < -0.39 is 0 Å². The zero-order chi connectivity index (χ0) is 13.6. The van der Waals surface area contributed by atoms with Gasteiger partial charge >= 0.3 is 0 Å².